The van der Waals surface area contributed by atoms with Crippen molar-refractivity contribution in [2.75, 3.05) is 6.61 Å². The lowest BCUT2D eigenvalue weighted by molar-refractivity contribution is -0.121. The number of ether oxygens (including phenoxy) is 1. The molecule has 26 heavy (non-hydrogen) atoms. The quantitative estimate of drug-likeness (QED) is 0.527. The Morgan fingerprint density at radius 3 is 2.62 bits per heavy atom. The van der Waals surface area contributed by atoms with Gasteiger partial charge in [0.25, 0.3) is 0 Å². The normalized spacial score (nSPS) is 11.0. The van der Waals surface area contributed by atoms with E-state index in [1.807, 2.05) is 39.0 Å². The molecule has 0 heterocycles. The highest BCUT2D eigenvalue weighted by Gasteiger charge is 2.13. The number of rotatable bonds is 8. The third-order valence-corrected chi connectivity index (χ3v) is 5.18. The fourth-order valence-electron chi connectivity index (χ4n) is 2.73. The van der Waals surface area contributed by atoms with Crippen molar-refractivity contribution < 1.29 is 14.6 Å². The number of hydrogen-bond donors (Lipinski definition) is 1. The van der Waals surface area contributed by atoms with Gasteiger partial charge < -0.3 is 9.84 Å². The van der Waals surface area contributed by atoms with Crippen molar-refractivity contribution in [3.8, 4) is 11.5 Å². The zero-order valence-electron chi connectivity index (χ0n) is 15.3. The van der Waals surface area contributed by atoms with Crippen LogP contribution < -0.4 is 4.74 Å². The van der Waals surface area contributed by atoms with E-state index in [0.717, 1.165) is 27.6 Å². The van der Waals surface area contributed by atoms with E-state index in [4.69, 9.17) is 16.3 Å². The Kier molecular flexibility index (Phi) is 7.54. The molecule has 0 unspecified atom stereocenters. The van der Waals surface area contributed by atoms with Gasteiger partial charge in [-0.15, -0.1) is 0 Å². The maximum atomic E-state index is 11.6. The van der Waals surface area contributed by atoms with Gasteiger partial charge in [0.2, 0.25) is 0 Å². The van der Waals surface area contributed by atoms with Gasteiger partial charge in [-0.3, -0.25) is 4.79 Å². The predicted octanol–water partition coefficient (Wildman–Crippen LogP) is 6.27. The minimum Gasteiger partial charge on any atom is -0.508 e. The molecule has 0 bridgehead atoms. The van der Waals surface area contributed by atoms with Crippen LogP contribution in [0.15, 0.2) is 34.8 Å². The smallest absolute Gasteiger partial charge is 0.170 e. The van der Waals surface area contributed by atoms with Gasteiger partial charge in [-0.25, -0.2) is 0 Å². The van der Waals surface area contributed by atoms with Gasteiger partial charge in [-0.2, -0.15) is 0 Å². The number of halogens is 2. The molecule has 0 saturated heterocycles. The van der Waals surface area contributed by atoms with E-state index in [1.54, 1.807) is 12.1 Å². The molecule has 0 aliphatic rings. The van der Waals surface area contributed by atoms with E-state index in [2.05, 4.69) is 15.9 Å². The Labute approximate surface area is 168 Å². The molecule has 2 aromatic rings. The number of carbonyl (C=O) groups is 1. The van der Waals surface area contributed by atoms with Gasteiger partial charge in [-0.1, -0.05) is 60.4 Å². The van der Waals surface area contributed by atoms with Gasteiger partial charge in [0.05, 0.1) is 0 Å². The van der Waals surface area contributed by atoms with Crippen LogP contribution in [0.1, 0.15) is 56.2 Å². The van der Waals surface area contributed by atoms with Crippen molar-refractivity contribution in [1.82, 2.24) is 0 Å². The summed E-state index contributed by atoms with van der Waals surface area (Å²) in [6.45, 7) is 6.13. The maximum absolute atomic E-state index is 11.6. The minimum atomic E-state index is 0.0612. The standard InChI is InChI=1S/C21H24BrClO3/c1-4-5-15(24)12-26-16-10-19(22)18(20(23)11-16)9-14-6-7-21(25)17(8-14)13(2)3/h6-8,10-11,13,25H,4-5,9,12H2,1-3H3. The lowest BCUT2D eigenvalue weighted by atomic mass is 9.96. The van der Waals surface area contributed by atoms with Crippen molar-refractivity contribution in [3.63, 3.8) is 0 Å². The highest BCUT2D eigenvalue weighted by atomic mass is 79.9. The number of hydrogen-bond acceptors (Lipinski definition) is 3. The number of Topliss-reactive ketones (excluding diaryl/α,β-unsaturated/α-hetero) is 1. The summed E-state index contributed by atoms with van der Waals surface area (Å²) >= 11 is 10.0. The number of aromatic hydroxyl groups is 1. The average Bonchev–Trinajstić information content (AvgIpc) is 2.57. The van der Waals surface area contributed by atoms with Crippen LogP contribution >= 0.6 is 27.5 Å². The molecule has 0 aliphatic carbocycles. The second-order valence-corrected chi connectivity index (χ2v) is 7.93. The first-order valence-electron chi connectivity index (χ1n) is 8.76. The molecule has 0 aliphatic heterocycles. The minimum absolute atomic E-state index is 0.0612. The summed E-state index contributed by atoms with van der Waals surface area (Å²) in [6.07, 6.45) is 1.97. The zero-order chi connectivity index (χ0) is 19.3. The fraction of sp³-hybridized carbons (Fsp3) is 0.381. The van der Waals surface area contributed by atoms with Crippen LogP contribution in [0, 0.1) is 0 Å². The molecule has 0 saturated carbocycles. The summed E-state index contributed by atoms with van der Waals surface area (Å²) in [7, 11) is 0. The Hall–Kier alpha value is -1.52. The van der Waals surface area contributed by atoms with Crippen molar-refractivity contribution in [2.24, 2.45) is 0 Å². The van der Waals surface area contributed by atoms with E-state index in [1.165, 1.54) is 0 Å². The maximum Gasteiger partial charge on any atom is 0.170 e. The van der Waals surface area contributed by atoms with Gasteiger partial charge in [0.15, 0.2) is 5.78 Å². The Balaban J connectivity index is 2.18. The SMILES string of the molecule is CCCC(=O)COc1cc(Cl)c(Cc2ccc(O)c(C(C)C)c2)c(Br)c1. The van der Waals surface area contributed by atoms with Crippen LogP contribution in [-0.2, 0) is 11.2 Å². The zero-order valence-corrected chi connectivity index (χ0v) is 17.7. The van der Waals surface area contributed by atoms with E-state index in [-0.39, 0.29) is 18.3 Å². The molecule has 0 amide bonds. The molecule has 140 valence electrons. The van der Waals surface area contributed by atoms with E-state index in [9.17, 15) is 9.90 Å². The van der Waals surface area contributed by atoms with Crippen molar-refractivity contribution in [3.05, 3.63) is 56.5 Å². The van der Waals surface area contributed by atoms with Crippen molar-refractivity contribution in [2.45, 2.75) is 46.0 Å². The van der Waals surface area contributed by atoms with Gasteiger partial charge in [0, 0.05) is 22.3 Å². The first-order valence-corrected chi connectivity index (χ1v) is 9.93. The van der Waals surface area contributed by atoms with Gasteiger partial charge in [-0.05, 0) is 47.2 Å². The van der Waals surface area contributed by atoms with E-state index >= 15 is 0 Å². The second-order valence-electron chi connectivity index (χ2n) is 6.67. The highest BCUT2D eigenvalue weighted by molar-refractivity contribution is 9.10. The third-order valence-electron chi connectivity index (χ3n) is 4.14. The summed E-state index contributed by atoms with van der Waals surface area (Å²) in [6, 6.07) is 9.21. The number of benzene rings is 2. The molecule has 0 spiro atoms. The monoisotopic (exact) mass is 438 g/mol. The number of phenols is 1. The molecule has 1 N–H and O–H groups in total. The second kappa shape index (κ2) is 9.43. The summed E-state index contributed by atoms with van der Waals surface area (Å²) in [4.78, 5) is 11.6. The molecular formula is C21H24BrClO3. The van der Waals surface area contributed by atoms with Crippen LogP contribution in [0.5, 0.6) is 11.5 Å². The summed E-state index contributed by atoms with van der Waals surface area (Å²) in [5.41, 5.74) is 2.93. The number of carbonyl (C=O) groups excluding carboxylic acids is 1. The molecule has 2 rings (SSSR count). The Morgan fingerprint density at radius 1 is 1.27 bits per heavy atom. The first kappa shape index (κ1) is 20.8. The number of phenolic OH excluding ortho intramolecular Hbond substituents is 1. The summed E-state index contributed by atoms with van der Waals surface area (Å²) in [5.74, 6) is 1.21. The van der Waals surface area contributed by atoms with Crippen LogP contribution in [-0.4, -0.2) is 17.5 Å². The van der Waals surface area contributed by atoms with Crippen molar-refractivity contribution >= 4 is 33.3 Å². The van der Waals surface area contributed by atoms with Crippen LogP contribution in [0.2, 0.25) is 5.02 Å². The molecule has 0 fully saturated rings. The molecule has 2 aromatic carbocycles. The average molecular weight is 440 g/mol. The molecule has 0 atom stereocenters. The Morgan fingerprint density at radius 2 is 2.00 bits per heavy atom. The largest absolute Gasteiger partial charge is 0.508 e. The van der Waals surface area contributed by atoms with Crippen LogP contribution in [0.25, 0.3) is 0 Å². The van der Waals surface area contributed by atoms with E-state index < -0.39 is 0 Å². The van der Waals surface area contributed by atoms with Gasteiger partial charge in [0.1, 0.15) is 18.1 Å². The predicted molar refractivity (Wildman–Crippen MR) is 110 cm³/mol. The Bertz CT molecular complexity index is 764. The molecular weight excluding hydrogens is 416 g/mol. The third kappa shape index (κ3) is 5.49. The number of ketones is 1. The molecule has 0 radical (unpaired) electrons. The van der Waals surface area contributed by atoms with E-state index in [0.29, 0.717) is 29.4 Å². The fourth-order valence-corrected chi connectivity index (χ4v) is 3.70. The summed E-state index contributed by atoms with van der Waals surface area (Å²) in [5, 5.41) is 10.6. The molecule has 5 heteroatoms. The molecule has 3 nitrogen and oxygen atoms in total. The van der Waals surface area contributed by atoms with Crippen LogP contribution in [0.4, 0.5) is 0 Å². The highest BCUT2D eigenvalue weighted by Crippen LogP contribution is 2.34. The van der Waals surface area contributed by atoms with Crippen molar-refractivity contribution in [1.29, 1.82) is 0 Å². The summed E-state index contributed by atoms with van der Waals surface area (Å²) < 4.78 is 6.39. The van der Waals surface area contributed by atoms with Crippen LogP contribution in [0.3, 0.4) is 0 Å². The first-order chi connectivity index (χ1) is 12.3. The lowest BCUT2D eigenvalue weighted by Crippen LogP contribution is -2.10. The van der Waals surface area contributed by atoms with Gasteiger partial charge >= 0.3 is 0 Å². The lowest BCUT2D eigenvalue weighted by Gasteiger charge is -2.14. The molecule has 0 aromatic heterocycles. The topological polar surface area (TPSA) is 46.5 Å².